The average Bonchev–Trinajstić information content (AvgIpc) is 2.16. The van der Waals surface area contributed by atoms with Crippen LogP contribution in [-0.2, 0) is 9.59 Å². The van der Waals surface area contributed by atoms with Crippen molar-refractivity contribution in [1.82, 2.24) is 15.1 Å². The molecule has 0 aliphatic rings. The molecule has 19 heavy (non-hydrogen) atoms. The smallest absolute Gasteiger partial charge is 0.234 e. The first kappa shape index (κ1) is 28.4. The Bertz CT molecular complexity index is 241. The molecular weight excluding hydrogens is 587 g/mol. The zero-order chi connectivity index (χ0) is 12.6. The van der Waals surface area contributed by atoms with Crippen LogP contribution in [0.1, 0.15) is 13.3 Å². The molecule has 0 spiro atoms. The number of ketones is 1. The van der Waals surface area contributed by atoms with Gasteiger partial charge in [-0.2, -0.15) is 0 Å². The van der Waals surface area contributed by atoms with Gasteiger partial charge in [0.05, 0.1) is 13.1 Å². The Morgan fingerprint density at radius 1 is 1.00 bits per heavy atom. The summed E-state index contributed by atoms with van der Waals surface area (Å²) in [5.74, 6) is 0.122. The van der Waals surface area contributed by atoms with Gasteiger partial charge in [0.1, 0.15) is 5.78 Å². The Kier molecular flexibility index (Phi) is 25.9. The summed E-state index contributed by atoms with van der Waals surface area (Å²) in [5, 5.41) is 2.80. The Morgan fingerprint density at radius 3 is 1.95 bits per heavy atom. The number of likely N-dealkylation sites (N-methyl/N-ethyl adjacent to an activating group) is 2. The molecule has 0 aromatic carbocycles. The fourth-order valence-electron chi connectivity index (χ4n) is 1.19. The van der Waals surface area contributed by atoms with Crippen molar-refractivity contribution in [3.63, 3.8) is 0 Å². The Hall–Kier alpha value is 1.25. The summed E-state index contributed by atoms with van der Waals surface area (Å²) >= 11 is 0. The fourth-order valence-corrected chi connectivity index (χ4v) is 1.19. The molecule has 0 saturated heterocycles. The van der Waals surface area contributed by atoms with E-state index in [0.29, 0.717) is 19.5 Å². The molecule has 0 atom stereocenters. The molecule has 8 heteroatoms. The number of nitrogens with one attached hydrogen (secondary N) is 1. The standard InChI is InChI=1S/C11H23N3O2.3HI/c1-5-10(15)8-14(4)9-11(16)12-6-7-13(2)3;;;/h5-9H2,1-4H3,(H,12,16);3*1H. The topological polar surface area (TPSA) is 52.7 Å². The van der Waals surface area contributed by atoms with Gasteiger partial charge in [0.25, 0.3) is 0 Å². The molecule has 0 aliphatic heterocycles. The minimum absolute atomic E-state index is 0. The molecule has 1 amide bonds. The minimum Gasteiger partial charge on any atom is -0.354 e. The number of carbonyl (C=O) groups is 2. The van der Waals surface area contributed by atoms with E-state index in [1.54, 1.807) is 11.9 Å². The van der Waals surface area contributed by atoms with Gasteiger partial charge in [0, 0.05) is 19.5 Å². The number of amides is 1. The second kappa shape index (κ2) is 17.3. The highest BCUT2D eigenvalue weighted by Gasteiger charge is 2.08. The van der Waals surface area contributed by atoms with Crippen LogP contribution in [0.15, 0.2) is 0 Å². The number of hydrogen-bond acceptors (Lipinski definition) is 4. The van der Waals surface area contributed by atoms with Crippen LogP contribution in [0.3, 0.4) is 0 Å². The molecule has 118 valence electrons. The van der Waals surface area contributed by atoms with E-state index in [1.165, 1.54) is 0 Å². The van der Waals surface area contributed by atoms with Gasteiger partial charge in [-0.15, -0.1) is 71.9 Å². The van der Waals surface area contributed by atoms with E-state index < -0.39 is 0 Å². The van der Waals surface area contributed by atoms with E-state index in [0.717, 1.165) is 6.54 Å². The van der Waals surface area contributed by atoms with Gasteiger partial charge in [0.15, 0.2) is 0 Å². The van der Waals surface area contributed by atoms with Gasteiger partial charge in [-0.1, -0.05) is 6.92 Å². The molecule has 0 rings (SSSR count). The van der Waals surface area contributed by atoms with Crippen LogP contribution in [0, 0.1) is 0 Å². The van der Waals surface area contributed by atoms with Crippen LogP contribution in [0.25, 0.3) is 0 Å². The number of Topliss-reactive ketones (excluding diaryl/α,β-unsaturated/α-hetero) is 1. The van der Waals surface area contributed by atoms with Crippen LogP contribution in [-0.4, -0.2) is 68.8 Å². The van der Waals surface area contributed by atoms with Gasteiger partial charge < -0.3 is 10.2 Å². The summed E-state index contributed by atoms with van der Waals surface area (Å²) in [5.41, 5.74) is 0. The third-order valence-corrected chi connectivity index (χ3v) is 2.14. The van der Waals surface area contributed by atoms with Crippen molar-refractivity contribution in [2.24, 2.45) is 0 Å². The highest BCUT2D eigenvalue weighted by molar-refractivity contribution is 14.0. The van der Waals surface area contributed by atoms with Crippen molar-refractivity contribution in [2.75, 3.05) is 47.3 Å². The largest absolute Gasteiger partial charge is 0.354 e. The molecule has 0 unspecified atom stereocenters. The number of nitrogens with zero attached hydrogens (tertiary/aromatic N) is 2. The maximum Gasteiger partial charge on any atom is 0.234 e. The second-order valence-electron chi connectivity index (χ2n) is 4.22. The first-order valence-electron chi connectivity index (χ1n) is 5.57. The molecule has 0 aromatic rings. The Morgan fingerprint density at radius 2 is 1.53 bits per heavy atom. The fraction of sp³-hybridized carbons (Fsp3) is 0.818. The van der Waals surface area contributed by atoms with E-state index in [4.69, 9.17) is 0 Å². The van der Waals surface area contributed by atoms with E-state index in [9.17, 15) is 9.59 Å². The van der Waals surface area contributed by atoms with Crippen molar-refractivity contribution >= 4 is 83.6 Å². The van der Waals surface area contributed by atoms with Crippen LogP contribution in [0.4, 0.5) is 0 Å². The first-order chi connectivity index (χ1) is 7.45. The van der Waals surface area contributed by atoms with Crippen LogP contribution < -0.4 is 5.32 Å². The highest BCUT2D eigenvalue weighted by atomic mass is 127. The zero-order valence-corrected chi connectivity index (χ0v) is 19.0. The molecule has 0 aromatic heterocycles. The molecule has 0 heterocycles. The van der Waals surface area contributed by atoms with Gasteiger partial charge in [0.2, 0.25) is 5.91 Å². The second-order valence-corrected chi connectivity index (χ2v) is 4.22. The van der Waals surface area contributed by atoms with E-state index in [2.05, 4.69) is 5.32 Å². The minimum atomic E-state index is -0.0340. The summed E-state index contributed by atoms with van der Waals surface area (Å²) in [4.78, 5) is 26.3. The molecular formula is C11H26I3N3O2. The van der Waals surface area contributed by atoms with Crippen molar-refractivity contribution in [2.45, 2.75) is 13.3 Å². The zero-order valence-electron chi connectivity index (χ0n) is 12.0. The third-order valence-electron chi connectivity index (χ3n) is 2.14. The summed E-state index contributed by atoms with van der Waals surface area (Å²) < 4.78 is 0. The van der Waals surface area contributed by atoms with Crippen LogP contribution in [0.5, 0.6) is 0 Å². The molecule has 0 bridgehead atoms. The number of carbonyl (C=O) groups excluding carboxylic acids is 2. The first-order valence-corrected chi connectivity index (χ1v) is 5.57. The van der Waals surface area contributed by atoms with Crippen LogP contribution >= 0.6 is 71.9 Å². The third kappa shape index (κ3) is 19.2. The summed E-state index contributed by atoms with van der Waals surface area (Å²) in [6, 6.07) is 0. The number of halogens is 3. The van der Waals surface area contributed by atoms with Crippen molar-refractivity contribution in [1.29, 1.82) is 0 Å². The lowest BCUT2D eigenvalue weighted by atomic mass is 10.3. The molecule has 0 radical (unpaired) electrons. The average molecular weight is 613 g/mol. The van der Waals surface area contributed by atoms with Gasteiger partial charge in [-0.3, -0.25) is 14.5 Å². The molecule has 1 N–H and O–H groups in total. The Balaban J connectivity index is -0.000000375. The maximum atomic E-state index is 11.4. The van der Waals surface area contributed by atoms with E-state index in [-0.39, 0.29) is 90.2 Å². The molecule has 0 saturated carbocycles. The maximum absolute atomic E-state index is 11.4. The summed E-state index contributed by atoms with van der Waals surface area (Å²) in [7, 11) is 5.69. The Labute approximate surface area is 167 Å². The SMILES string of the molecule is CCC(=O)CN(C)CC(=O)NCCN(C)C.I.I.I. The van der Waals surface area contributed by atoms with Crippen molar-refractivity contribution < 1.29 is 9.59 Å². The lowest BCUT2D eigenvalue weighted by Crippen LogP contribution is -2.39. The lowest BCUT2D eigenvalue weighted by molar-refractivity contribution is -0.123. The van der Waals surface area contributed by atoms with Gasteiger partial charge in [-0.05, 0) is 21.1 Å². The predicted molar refractivity (Wildman–Crippen MR) is 111 cm³/mol. The monoisotopic (exact) mass is 613 g/mol. The molecule has 0 fully saturated rings. The molecule has 0 aliphatic carbocycles. The van der Waals surface area contributed by atoms with Gasteiger partial charge >= 0.3 is 0 Å². The highest BCUT2D eigenvalue weighted by Crippen LogP contribution is 1.87. The summed E-state index contributed by atoms with van der Waals surface area (Å²) in [6.45, 7) is 3.91. The quantitative estimate of drug-likeness (QED) is 0.422. The van der Waals surface area contributed by atoms with Crippen molar-refractivity contribution in [3.8, 4) is 0 Å². The van der Waals surface area contributed by atoms with E-state index >= 15 is 0 Å². The van der Waals surface area contributed by atoms with Gasteiger partial charge in [-0.25, -0.2) is 0 Å². The normalized spacial score (nSPS) is 9.16. The number of hydrogen-bond donors (Lipinski definition) is 1. The predicted octanol–water partition coefficient (Wildman–Crippen LogP) is 1.43. The van der Waals surface area contributed by atoms with Crippen molar-refractivity contribution in [3.05, 3.63) is 0 Å². The van der Waals surface area contributed by atoms with E-state index in [1.807, 2.05) is 25.9 Å². The molecule has 5 nitrogen and oxygen atoms in total. The number of rotatable bonds is 8. The lowest BCUT2D eigenvalue weighted by Gasteiger charge is -2.15. The summed E-state index contributed by atoms with van der Waals surface area (Å²) in [6.07, 6.45) is 0.520. The van der Waals surface area contributed by atoms with Crippen LogP contribution in [0.2, 0.25) is 0 Å².